The van der Waals surface area contributed by atoms with E-state index in [1.54, 1.807) is 19.1 Å². The summed E-state index contributed by atoms with van der Waals surface area (Å²) in [7, 11) is 0. The van der Waals surface area contributed by atoms with Crippen molar-refractivity contribution in [3.8, 4) is 5.75 Å². The van der Waals surface area contributed by atoms with Crippen molar-refractivity contribution in [1.82, 2.24) is 0 Å². The number of benzene rings is 1. The number of para-hydroxylation sites is 1. The standard InChI is InChI=1S/C15H14O2/c1-12(11-13-7-5-6-8-13)15(16)17-14-9-3-2-4-10-14/h2-11,13H,1H3. The van der Waals surface area contributed by atoms with Crippen LogP contribution >= 0.6 is 0 Å². The molecule has 0 radical (unpaired) electrons. The molecule has 2 heteroatoms. The van der Waals surface area contributed by atoms with E-state index >= 15 is 0 Å². The second-order valence-electron chi connectivity index (χ2n) is 3.90. The first-order valence-corrected chi connectivity index (χ1v) is 5.56. The number of rotatable bonds is 3. The fourth-order valence-electron chi connectivity index (χ4n) is 1.59. The Bertz CT molecular complexity index is 469. The zero-order valence-electron chi connectivity index (χ0n) is 9.67. The van der Waals surface area contributed by atoms with Crippen molar-refractivity contribution in [3.05, 3.63) is 66.3 Å². The summed E-state index contributed by atoms with van der Waals surface area (Å²) in [6.07, 6.45) is 9.89. The smallest absolute Gasteiger partial charge is 0.338 e. The highest BCUT2D eigenvalue weighted by Crippen LogP contribution is 2.15. The van der Waals surface area contributed by atoms with Gasteiger partial charge in [-0.1, -0.05) is 48.6 Å². The highest BCUT2D eigenvalue weighted by Gasteiger charge is 2.09. The second kappa shape index (κ2) is 5.30. The minimum absolute atomic E-state index is 0.207. The van der Waals surface area contributed by atoms with Crippen LogP contribution in [-0.2, 0) is 4.79 Å². The Hall–Kier alpha value is -2.09. The largest absolute Gasteiger partial charge is 0.423 e. The summed E-state index contributed by atoms with van der Waals surface area (Å²) in [6.45, 7) is 1.77. The van der Waals surface area contributed by atoms with Gasteiger partial charge in [0.05, 0.1) is 0 Å². The topological polar surface area (TPSA) is 26.3 Å². The SMILES string of the molecule is CC(=CC1C=CC=C1)C(=O)Oc1ccccc1. The third-order valence-electron chi connectivity index (χ3n) is 2.50. The fraction of sp³-hybridized carbons (Fsp3) is 0.133. The van der Waals surface area contributed by atoms with Crippen molar-refractivity contribution < 1.29 is 9.53 Å². The van der Waals surface area contributed by atoms with Crippen LogP contribution in [-0.4, -0.2) is 5.97 Å². The predicted molar refractivity (Wildman–Crippen MR) is 67.6 cm³/mol. The van der Waals surface area contributed by atoms with Gasteiger partial charge in [0.1, 0.15) is 5.75 Å². The summed E-state index contributed by atoms with van der Waals surface area (Å²) in [5.74, 6) is 0.478. The van der Waals surface area contributed by atoms with Gasteiger partial charge in [-0.3, -0.25) is 0 Å². The Kier molecular flexibility index (Phi) is 3.55. The molecule has 2 nitrogen and oxygen atoms in total. The molecule has 0 bridgehead atoms. The molecule has 1 aliphatic rings. The lowest BCUT2D eigenvalue weighted by molar-refractivity contribution is -0.130. The van der Waals surface area contributed by atoms with E-state index in [4.69, 9.17) is 4.74 Å². The average molecular weight is 226 g/mol. The van der Waals surface area contributed by atoms with Gasteiger partial charge in [-0.15, -0.1) is 0 Å². The minimum Gasteiger partial charge on any atom is -0.423 e. The third-order valence-corrected chi connectivity index (χ3v) is 2.50. The molecule has 2 rings (SSSR count). The zero-order chi connectivity index (χ0) is 12.1. The molecule has 1 aromatic carbocycles. The molecule has 0 atom stereocenters. The summed E-state index contributed by atoms with van der Waals surface area (Å²) in [5, 5.41) is 0. The molecular formula is C15H14O2. The van der Waals surface area contributed by atoms with E-state index in [0.717, 1.165) is 0 Å². The molecule has 86 valence electrons. The molecule has 0 saturated heterocycles. The number of allylic oxidation sites excluding steroid dienone is 5. The zero-order valence-corrected chi connectivity index (χ0v) is 9.67. The van der Waals surface area contributed by atoms with Crippen molar-refractivity contribution in [2.24, 2.45) is 5.92 Å². The fourth-order valence-corrected chi connectivity index (χ4v) is 1.59. The predicted octanol–water partition coefficient (Wildman–Crippen LogP) is 3.28. The van der Waals surface area contributed by atoms with Crippen LogP contribution in [0.4, 0.5) is 0 Å². The molecule has 0 fully saturated rings. The first kappa shape index (κ1) is 11.4. The van der Waals surface area contributed by atoms with Gasteiger partial charge in [-0.2, -0.15) is 0 Å². The average Bonchev–Trinajstić information content (AvgIpc) is 2.83. The maximum Gasteiger partial charge on any atom is 0.338 e. The quantitative estimate of drug-likeness (QED) is 0.449. The van der Waals surface area contributed by atoms with E-state index in [1.165, 1.54) is 0 Å². The number of carbonyl (C=O) groups excluding carboxylic acids is 1. The first-order chi connectivity index (χ1) is 8.25. The lowest BCUT2D eigenvalue weighted by atomic mass is 10.1. The molecular weight excluding hydrogens is 212 g/mol. The number of hydrogen-bond acceptors (Lipinski definition) is 2. The minimum atomic E-state index is -0.301. The molecule has 0 saturated carbocycles. The van der Waals surface area contributed by atoms with Crippen LogP contribution in [0.2, 0.25) is 0 Å². The Balaban J connectivity index is 2.00. The Labute approximate surface area is 101 Å². The van der Waals surface area contributed by atoms with Crippen LogP contribution in [0.5, 0.6) is 5.75 Å². The number of ether oxygens (including phenoxy) is 1. The van der Waals surface area contributed by atoms with E-state index in [2.05, 4.69) is 0 Å². The molecule has 0 spiro atoms. The van der Waals surface area contributed by atoms with E-state index in [1.807, 2.05) is 48.6 Å². The molecule has 1 aromatic rings. The van der Waals surface area contributed by atoms with E-state index in [-0.39, 0.29) is 11.9 Å². The summed E-state index contributed by atoms with van der Waals surface area (Å²) in [6, 6.07) is 9.09. The van der Waals surface area contributed by atoms with Crippen molar-refractivity contribution in [2.45, 2.75) is 6.92 Å². The van der Waals surface area contributed by atoms with Crippen LogP contribution in [0, 0.1) is 5.92 Å². The van der Waals surface area contributed by atoms with E-state index in [9.17, 15) is 4.79 Å². The molecule has 0 aromatic heterocycles. The molecule has 0 unspecified atom stereocenters. The molecule has 0 aliphatic heterocycles. The van der Waals surface area contributed by atoms with Gasteiger partial charge in [-0.25, -0.2) is 4.79 Å². The second-order valence-corrected chi connectivity index (χ2v) is 3.90. The third kappa shape index (κ3) is 3.18. The van der Waals surface area contributed by atoms with Gasteiger partial charge in [0, 0.05) is 11.5 Å². The van der Waals surface area contributed by atoms with Crippen LogP contribution in [0.3, 0.4) is 0 Å². The van der Waals surface area contributed by atoms with E-state index < -0.39 is 0 Å². The van der Waals surface area contributed by atoms with E-state index in [0.29, 0.717) is 11.3 Å². The van der Waals surface area contributed by atoms with Gasteiger partial charge in [0.15, 0.2) is 0 Å². The summed E-state index contributed by atoms with van der Waals surface area (Å²) >= 11 is 0. The molecule has 17 heavy (non-hydrogen) atoms. The summed E-state index contributed by atoms with van der Waals surface area (Å²) in [5.41, 5.74) is 0.620. The molecule has 0 N–H and O–H groups in total. The van der Waals surface area contributed by atoms with Crippen molar-refractivity contribution >= 4 is 5.97 Å². The molecule has 1 aliphatic carbocycles. The van der Waals surface area contributed by atoms with Crippen molar-refractivity contribution in [3.63, 3.8) is 0 Å². The molecule has 0 amide bonds. The van der Waals surface area contributed by atoms with Crippen LogP contribution in [0.15, 0.2) is 66.3 Å². The monoisotopic (exact) mass is 226 g/mol. The van der Waals surface area contributed by atoms with Crippen molar-refractivity contribution in [1.29, 1.82) is 0 Å². The Morgan fingerprint density at radius 3 is 2.47 bits per heavy atom. The Morgan fingerprint density at radius 1 is 1.18 bits per heavy atom. The van der Waals surface area contributed by atoms with Gasteiger partial charge >= 0.3 is 5.97 Å². The van der Waals surface area contributed by atoms with Crippen LogP contribution in [0.25, 0.3) is 0 Å². The lowest BCUT2D eigenvalue weighted by Crippen LogP contribution is -2.09. The number of hydrogen-bond donors (Lipinski definition) is 0. The highest BCUT2D eigenvalue weighted by atomic mass is 16.5. The van der Waals surface area contributed by atoms with Gasteiger partial charge in [0.2, 0.25) is 0 Å². The first-order valence-electron chi connectivity index (χ1n) is 5.56. The summed E-state index contributed by atoms with van der Waals surface area (Å²) in [4.78, 5) is 11.8. The van der Waals surface area contributed by atoms with Gasteiger partial charge in [-0.05, 0) is 19.1 Å². The Morgan fingerprint density at radius 2 is 1.82 bits per heavy atom. The van der Waals surface area contributed by atoms with Gasteiger partial charge < -0.3 is 4.74 Å². The maximum absolute atomic E-state index is 11.8. The van der Waals surface area contributed by atoms with Crippen LogP contribution < -0.4 is 4.74 Å². The van der Waals surface area contributed by atoms with Crippen LogP contribution in [0.1, 0.15) is 6.92 Å². The highest BCUT2D eigenvalue weighted by molar-refractivity contribution is 5.89. The molecule has 0 heterocycles. The van der Waals surface area contributed by atoms with Gasteiger partial charge in [0.25, 0.3) is 0 Å². The normalized spacial score (nSPS) is 15.2. The maximum atomic E-state index is 11.8. The number of esters is 1. The summed E-state index contributed by atoms with van der Waals surface area (Å²) < 4.78 is 5.23. The number of carbonyl (C=O) groups is 1. The lowest BCUT2D eigenvalue weighted by Gasteiger charge is -2.05. The van der Waals surface area contributed by atoms with Crippen molar-refractivity contribution in [2.75, 3.05) is 0 Å².